The van der Waals surface area contributed by atoms with Crippen LogP contribution in [-0.4, -0.2) is 29.3 Å². The van der Waals surface area contributed by atoms with Gasteiger partial charge >= 0.3 is 0 Å². The average molecular weight is 163 g/mol. The molecule has 0 aromatic carbocycles. The Bertz CT molecular complexity index is 140. The maximum absolute atomic E-state index is 12.7. The number of halogens is 1. The van der Waals surface area contributed by atoms with Gasteiger partial charge in [-0.05, 0) is 20.8 Å². The maximum atomic E-state index is 12.7. The van der Waals surface area contributed by atoms with Crippen molar-refractivity contribution in [2.45, 2.75) is 32.5 Å². The minimum atomic E-state index is -1.87. The maximum Gasteiger partial charge on any atom is 0.257 e. The SMILES string of the molecule is C[C@@H](O)CNC(=O)C(C)(C)F. The molecule has 3 nitrogen and oxygen atoms in total. The zero-order valence-corrected chi connectivity index (χ0v) is 7.02. The number of nitrogens with one attached hydrogen (secondary N) is 1. The number of alkyl halides is 1. The zero-order chi connectivity index (χ0) is 9.07. The monoisotopic (exact) mass is 163 g/mol. The van der Waals surface area contributed by atoms with E-state index in [-0.39, 0.29) is 6.54 Å². The molecule has 0 fully saturated rings. The fourth-order valence-electron chi connectivity index (χ4n) is 0.451. The first kappa shape index (κ1) is 10.4. The quantitative estimate of drug-likeness (QED) is 0.625. The van der Waals surface area contributed by atoms with Crippen molar-refractivity contribution in [2.24, 2.45) is 0 Å². The molecule has 0 rings (SSSR count). The van der Waals surface area contributed by atoms with Gasteiger partial charge in [0.05, 0.1) is 6.10 Å². The van der Waals surface area contributed by atoms with E-state index in [4.69, 9.17) is 5.11 Å². The highest BCUT2D eigenvalue weighted by Crippen LogP contribution is 2.06. The number of hydrogen-bond donors (Lipinski definition) is 2. The molecule has 0 heterocycles. The Labute approximate surface area is 65.6 Å². The average Bonchev–Trinajstić information content (AvgIpc) is 1.80. The normalized spacial score (nSPS) is 14.3. The summed E-state index contributed by atoms with van der Waals surface area (Å²) in [6, 6.07) is 0. The topological polar surface area (TPSA) is 49.3 Å². The molecule has 1 atom stereocenters. The summed E-state index contributed by atoms with van der Waals surface area (Å²) < 4.78 is 12.7. The van der Waals surface area contributed by atoms with E-state index in [2.05, 4.69) is 5.32 Å². The second kappa shape index (κ2) is 3.67. The van der Waals surface area contributed by atoms with Crippen molar-refractivity contribution in [3.8, 4) is 0 Å². The smallest absolute Gasteiger partial charge is 0.257 e. The summed E-state index contributed by atoms with van der Waals surface area (Å²) in [5, 5.41) is 11.0. The van der Waals surface area contributed by atoms with Crippen LogP contribution < -0.4 is 5.32 Å². The lowest BCUT2D eigenvalue weighted by Crippen LogP contribution is -2.41. The lowest BCUT2D eigenvalue weighted by Gasteiger charge is -2.14. The summed E-state index contributed by atoms with van der Waals surface area (Å²) in [5.74, 6) is -0.696. The number of aliphatic hydroxyl groups excluding tert-OH is 1. The highest BCUT2D eigenvalue weighted by Gasteiger charge is 2.25. The first-order valence-corrected chi connectivity index (χ1v) is 3.49. The standard InChI is InChI=1S/C7H14FNO2/c1-5(10)4-9-6(11)7(2,3)8/h5,10H,4H2,1-3H3,(H,9,11)/t5-/m1/s1. The van der Waals surface area contributed by atoms with Crippen molar-refractivity contribution >= 4 is 5.91 Å². The van der Waals surface area contributed by atoms with Crippen molar-refractivity contribution in [3.63, 3.8) is 0 Å². The van der Waals surface area contributed by atoms with E-state index in [9.17, 15) is 9.18 Å². The number of amides is 1. The van der Waals surface area contributed by atoms with Crippen LogP contribution in [0.15, 0.2) is 0 Å². The van der Waals surface area contributed by atoms with Crippen LogP contribution in [0.25, 0.3) is 0 Å². The highest BCUT2D eigenvalue weighted by atomic mass is 19.1. The van der Waals surface area contributed by atoms with Gasteiger partial charge in [0.25, 0.3) is 5.91 Å². The summed E-state index contributed by atoms with van der Waals surface area (Å²) in [7, 11) is 0. The Morgan fingerprint density at radius 1 is 1.73 bits per heavy atom. The highest BCUT2D eigenvalue weighted by molar-refractivity contribution is 5.84. The summed E-state index contributed by atoms with van der Waals surface area (Å²) in [4.78, 5) is 10.8. The molecule has 2 N–H and O–H groups in total. The summed E-state index contributed by atoms with van der Waals surface area (Å²) in [6.07, 6.45) is -0.638. The van der Waals surface area contributed by atoms with E-state index in [1.165, 1.54) is 20.8 Å². The fourth-order valence-corrected chi connectivity index (χ4v) is 0.451. The van der Waals surface area contributed by atoms with E-state index in [1.54, 1.807) is 0 Å². The first-order chi connectivity index (χ1) is 4.84. The first-order valence-electron chi connectivity index (χ1n) is 3.49. The molecule has 0 saturated carbocycles. The van der Waals surface area contributed by atoms with Crippen molar-refractivity contribution in [1.82, 2.24) is 5.32 Å². The van der Waals surface area contributed by atoms with Crippen LogP contribution in [0, 0.1) is 0 Å². The van der Waals surface area contributed by atoms with E-state index < -0.39 is 17.7 Å². The molecule has 0 aliphatic heterocycles. The second-order valence-corrected chi connectivity index (χ2v) is 3.03. The summed E-state index contributed by atoms with van der Waals surface area (Å²) >= 11 is 0. The van der Waals surface area contributed by atoms with Gasteiger partial charge < -0.3 is 10.4 Å². The lowest BCUT2D eigenvalue weighted by molar-refractivity contribution is -0.131. The Morgan fingerprint density at radius 3 is 2.45 bits per heavy atom. The van der Waals surface area contributed by atoms with Crippen molar-refractivity contribution in [1.29, 1.82) is 0 Å². The van der Waals surface area contributed by atoms with Crippen LogP contribution >= 0.6 is 0 Å². The summed E-state index contributed by atoms with van der Waals surface area (Å²) in [6.45, 7) is 3.95. The largest absolute Gasteiger partial charge is 0.392 e. The van der Waals surface area contributed by atoms with Crippen molar-refractivity contribution in [2.75, 3.05) is 6.54 Å². The summed E-state index contributed by atoms with van der Waals surface area (Å²) in [5.41, 5.74) is -1.87. The molecule has 0 unspecified atom stereocenters. The number of carbonyl (C=O) groups is 1. The van der Waals surface area contributed by atoms with Gasteiger partial charge in [0.15, 0.2) is 5.67 Å². The number of hydrogen-bond acceptors (Lipinski definition) is 2. The van der Waals surface area contributed by atoms with Crippen LogP contribution in [0.2, 0.25) is 0 Å². The molecule has 0 aromatic rings. The van der Waals surface area contributed by atoms with E-state index in [1.807, 2.05) is 0 Å². The molecule has 66 valence electrons. The van der Waals surface area contributed by atoms with Crippen LogP contribution in [0.3, 0.4) is 0 Å². The molecule has 0 aliphatic carbocycles. The Balaban J connectivity index is 3.71. The third-order valence-corrected chi connectivity index (χ3v) is 1.10. The zero-order valence-electron chi connectivity index (χ0n) is 7.02. The molecule has 0 radical (unpaired) electrons. The molecule has 0 aliphatic rings. The Morgan fingerprint density at radius 2 is 2.18 bits per heavy atom. The van der Waals surface area contributed by atoms with Gasteiger partial charge in [0.1, 0.15) is 0 Å². The van der Waals surface area contributed by atoms with Crippen molar-refractivity contribution in [3.05, 3.63) is 0 Å². The Kier molecular flexibility index (Phi) is 3.45. The molecular weight excluding hydrogens is 149 g/mol. The number of carbonyl (C=O) groups excluding carboxylic acids is 1. The predicted molar refractivity (Wildman–Crippen MR) is 39.9 cm³/mol. The van der Waals surface area contributed by atoms with Gasteiger partial charge in [-0.3, -0.25) is 4.79 Å². The predicted octanol–water partition coefficient (Wildman–Crippen LogP) is 0.231. The van der Waals surface area contributed by atoms with E-state index >= 15 is 0 Å². The van der Waals surface area contributed by atoms with Crippen LogP contribution in [0.1, 0.15) is 20.8 Å². The van der Waals surface area contributed by atoms with Gasteiger partial charge in [0, 0.05) is 6.54 Å². The van der Waals surface area contributed by atoms with Gasteiger partial charge in [-0.25, -0.2) is 4.39 Å². The molecule has 0 bridgehead atoms. The van der Waals surface area contributed by atoms with Crippen LogP contribution in [0.5, 0.6) is 0 Å². The van der Waals surface area contributed by atoms with Gasteiger partial charge in [0.2, 0.25) is 0 Å². The van der Waals surface area contributed by atoms with Gasteiger partial charge in [-0.1, -0.05) is 0 Å². The third kappa shape index (κ3) is 4.72. The van der Waals surface area contributed by atoms with Crippen molar-refractivity contribution < 1.29 is 14.3 Å². The molecule has 0 spiro atoms. The van der Waals surface area contributed by atoms with Gasteiger partial charge in [-0.15, -0.1) is 0 Å². The minimum Gasteiger partial charge on any atom is -0.392 e. The molecule has 0 saturated heterocycles. The van der Waals surface area contributed by atoms with Crippen LogP contribution in [0.4, 0.5) is 4.39 Å². The molecule has 11 heavy (non-hydrogen) atoms. The van der Waals surface area contributed by atoms with Crippen LogP contribution in [-0.2, 0) is 4.79 Å². The van der Waals surface area contributed by atoms with E-state index in [0.29, 0.717) is 0 Å². The number of rotatable bonds is 3. The number of aliphatic hydroxyl groups is 1. The molecule has 4 heteroatoms. The lowest BCUT2D eigenvalue weighted by atomic mass is 10.1. The van der Waals surface area contributed by atoms with Gasteiger partial charge in [-0.2, -0.15) is 0 Å². The minimum absolute atomic E-state index is 0.0895. The molecular formula is C7H14FNO2. The Hall–Kier alpha value is -0.640. The van der Waals surface area contributed by atoms with E-state index in [0.717, 1.165) is 0 Å². The third-order valence-electron chi connectivity index (χ3n) is 1.10. The second-order valence-electron chi connectivity index (χ2n) is 3.03. The molecule has 0 aromatic heterocycles. The molecule has 1 amide bonds. The fraction of sp³-hybridized carbons (Fsp3) is 0.857.